The number of hydrogen-bond donors (Lipinski definition) is 1. The molecule has 0 saturated heterocycles. The number of carbonyl (C=O) groups excluding carboxylic acids is 1. The van der Waals surface area contributed by atoms with E-state index in [1.165, 1.54) is 0 Å². The maximum atomic E-state index is 11.5. The molecule has 76 valence electrons. The fourth-order valence-electron chi connectivity index (χ4n) is 1.08. The van der Waals surface area contributed by atoms with E-state index in [1.54, 1.807) is 12.3 Å². The van der Waals surface area contributed by atoms with Crippen molar-refractivity contribution in [2.75, 3.05) is 6.54 Å². The molecule has 3 nitrogen and oxygen atoms in total. The molecule has 1 N–H and O–H groups in total. The third-order valence-corrected chi connectivity index (χ3v) is 1.99. The number of nitrogens with zero attached hydrogens (tertiary/aromatic N) is 1. The average Bonchev–Trinajstić information content (AvgIpc) is 2.19. The monoisotopic (exact) mass is 192 g/mol. The van der Waals surface area contributed by atoms with Crippen molar-refractivity contribution in [3.8, 4) is 0 Å². The van der Waals surface area contributed by atoms with Crippen LogP contribution >= 0.6 is 0 Å². The van der Waals surface area contributed by atoms with Crippen LogP contribution in [0.2, 0.25) is 0 Å². The third kappa shape index (κ3) is 3.17. The Bertz CT molecular complexity index is 293. The van der Waals surface area contributed by atoms with Crippen LogP contribution in [0.5, 0.6) is 0 Å². The first kappa shape index (κ1) is 10.7. The molecule has 0 aromatic carbocycles. The minimum absolute atomic E-state index is 0.0362. The van der Waals surface area contributed by atoms with Gasteiger partial charge in [-0.25, -0.2) is 0 Å². The molecule has 0 radical (unpaired) electrons. The predicted octanol–water partition coefficient (Wildman–Crippen LogP) is 1.92. The summed E-state index contributed by atoms with van der Waals surface area (Å²) in [5.74, 6) is -0.0362. The van der Waals surface area contributed by atoms with Crippen molar-refractivity contribution in [1.29, 1.82) is 0 Å². The van der Waals surface area contributed by atoms with Gasteiger partial charge in [-0.05, 0) is 25.5 Å². The van der Waals surface area contributed by atoms with E-state index in [1.807, 2.05) is 13.0 Å². The van der Waals surface area contributed by atoms with Gasteiger partial charge in [-0.15, -0.1) is 0 Å². The Morgan fingerprint density at radius 3 is 2.86 bits per heavy atom. The standard InChI is InChI=1S/C11H16N2O/c1-3-4-7-12-11(14)10-6-5-9(2)13-8-10/h5-6,8H,3-4,7H2,1-2H3,(H,12,14). The van der Waals surface area contributed by atoms with E-state index >= 15 is 0 Å². The molecule has 0 aliphatic rings. The van der Waals surface area contributed by atoms with E-state index in [0.29, 0.717) is 5.56 Å². The predicted molar refractivity (Wildman–Crippen MR) is 56.2 cm³/mol. The van der Waals surface area contributed by atoms with Crippen LogP contribution in [0.1, 0.15) is 35.8 Å². The molecule has 0 aliphatic carbocycles. The van der Waals surface area contributed by atoms with E-state index in [-0.39, 0.29) is 5.91 Å². The van der Waals surface area contributed by atoms with Crippen LogP contribution in [-0.2, 0) is 0 Å². The Labute approximate surface area is 84.6 Å². The van der Waals surface area contributed by atoms with Gasteiger partial charge < -0.3 is 5.32 Å². The Balaban J connectivity index is 2.48. The first-order valence-electron chi connectivity index (χ1n) is 4.95. The van der Waals surface area contributed by atoms with Crippen LogP contribution < -0.4 is 5.32 Å². The van der Waals surface area contributed by atoms with Crippen molar-refractivity contribution in [2.45, 2.75) is 26.7 Å². The summed E-state index contributed by atoms with van der Waals surface area (Å²) in [6, 6.07) is 3.64. The van der Waals surface area contributed by atoms with Crippen LogP contribution in [0, 0.1) is 6.92 Å². The topological polar surface area (TPSA) is 42.0 Å². The van der Waals surface area contributed by atoms with Gasteiger partial charge >= 0.3 is 0 Å². The molecule has 0 fully saturated rings. The molecule has 3 heteroatoms. The minimum atomic E-state index is -0.0362. The summed E-state index contributed by atoms with van der Waals surface area (Å²) < 4.78 is 0. The number of rotatable bonds is 4. The number of amides is 1. The second kappa shape index (κ2) is 5.37. The van der Waals surface area contributed by atoms with Crippen molar-refractivity contribution >= 4 is 5.91 Å². The lowest BCUT2D eigenvalue weighted by Crippen LogP contribution is -2.24. The molecule has 0 bridgehead atoms. The van der Waals surface area contributed by atoms with Crippen LogP contribution in [-0.4, -0.2) is 17.4 Å². The lowest BCUT2D eigenvalue weighted by molar-refractivity contribution is 0.0953. The maximum Gasteiger partial charge on any atom is 0.252 e. The fourth-order valence-corrected chi connectivity index (χ4v) is 1.08. The SMILES string of the molecule is CCCCNC(=O)c1ccc(C)nc1. The number of pyridine rings is 1. The molecular formula is C11H16N2O. The van der Waals surface area contributed by atoms with E-state index in [2.05, 4.69) is 17.2 Å². The van der Waals surface area contributed by atoms with Gasteiger partial charge in [0.05, 0.1) is 5.56 Å². The number of nitrogens with one attached hydrogen (secondary N) is 1. The number of unbranched alkanes of at least 4 members (excludes halogenated alkanes) is 1. The van der Waals surface area contributed by atoms with Crippen molar-refractivity contribution in [2.24, 2.45) is 0 Å². The van der Waals surface area contributed by atoms with E-state index in [0.717, 1.165) is 25.1 Å². The summed E-state index contributed by atoms with van der Waals surface area (Å²) >= 11 is 0. The molecule has 0 spiro atoms. The number of carbonyl (C=O) groups is 1. The van der Waals surface area contributed by atoms with Gasteiger partial charge in [0.15, 0.2) is 0 Å². The highest BCUT2D eigenvalue weighted by atomic mass is 16.1. The second-order valence-corrected chi connectivity index (χ2v) is 3.30. The van der Waals surface area contributed by atoms with Gasteiger partial charge in [-0.1, -0.05) is 13.3 Å². The minimum Gasteiger partial charge on any atom is -0.352 e. The zero-order valence-corrected chi connectivity index (χ0v) is 8.71. The van der Waals surface area contributed by atoms with Crippen LogP contribution in [0.3, 0.4) is 0 Å². The average molecular weight is 192 g/mol. The first-order chi connectivity index (χ1) is 6.74. The summed E-state index contributed by atoms with van der Waals surface area (Å²) in [5.41, 5.74) is 1.56. The third-order valence-electron chi connectivity index (χ3n) is 1.99. The normalized spacial score (nSPS) is 9.86. The largest absolute Gasteiger partial charge is 0.352 e. The number of hydrogen-bond acceptors (Lipinski definition) is 2. The zero-order valence-electron chi connectivity index (χ0n) is 8.71. The van der Waals surface area contributed by atoms with E-state index in [4.69, 9.17) is 0 Å². The van der Waals surface area contributed by atoms with Gasteiger partial charge in [0.25, 0.3) is 5.91 Å². The quantitative estimate of drug-likeness (QED) is 0.740. The summed E-state index contributed by atoms with van der Waals surface area (Å²) in [7, 11) is 0. The number of aromatic nitrogens is 1. The maximum absolute atomic E-state index is 11.5. The Hall–Kier alpha value is -1.38. The van der Waals surface area contributed by atoms with Gasteiger partial charge in [0.1, 0.15) is 0 Å². The molecule has 1 aromatic rings. The molecule has 1 heterocycles. The molecule has 0 unspecified atom stereocenters. The summed E-state index contributed by atoms with van der Waals surface area (Å²) in [6.07, 6.45) is 3.72. The second-order valence-electron chi connectivity index (χ2n) is 3.30. The zero-order chi connectivity index (χ0) is 10.4. The highest BCUT2D eigenvalue weighted by Gasteiger charge is 2.03. The lowest BCUT2D eigenvalue weighted by atomic mass is 10.2. The molecule has 1 amide bonds. The van der Waals surface area contributed by atoms with E-state index < -0.39 is 0 Å². The summed E-state index contributed by atoms with van der Waals surface area (Å²) in [5, 5.41) is 2.84. The van der Waals surface area contributed by atoms with E-state index in [9.17, 15) is 4.79 Å². The Kier molecular flexibility index (Phi) is 4.11. The lowest BCUT2D eigenvalue weighted by Gasteiger charge is -2.03. The Morgan fingerprint density at radius 2 is 2.29 bits per heavy atom. The molecule has 0 saturated carbocycles. The van der Waals surface area contributed by atoms with Crippen molar-refractivity contribution in [1.82, 2.24) is 10.3 Å². The Morgan fingerprint density at radius 1 is 1.50 bits per heavy atom. The van der Waals surface area contributed by atoms with Gasteiger partial charge in [-0.3, -0.25) is 9.78 Å². The molecule has 14 heavy (non-hydrogen) atoms. The summed E-state index contributed by atoms with van der Waals surface area (Å²) in [4.78, 5) is 15.5. The molecule has 0 aliphatic heterocycles. The van der Waals surface area contributed by atoms with Gasteiger partial charge in [-0.2, -0.15) is 0 Å². The molecular weight excluding hydrogens is 176 g/mol. The van der Waals surface area contributed by atoms with Crippen molar-refractivity contribution in [3.05, 3.63) is 29.6 Å². The summed E-state index contributed by atoms with van der Waals surface area (Å²) in [6.45, 7) is 4.74. The fraction of sp³-hybridized carbons (Fsp3) is 0.455. The van der Waals surface area contributed by atoms with Crippen molar-refractivity contribution in [3.63, 3.8) is 0 Å². The van der Waals surface area contributed by atoms with Gasteiger partial charge in [0, 0.05) is 18.4 Å². The van der Waals surface area contributed by atoms with Crippen molar-refractivity contribution < 1.29 is 4.79 Å². The highest BCUT2D eigenvalue weighted by molar-refractivity contribution is 5.93. The van der Waals surface area contributed by atoms with Crippen LogP contribution in [0.4, 0.5) is 0 Å². The molecule has 1 rings (SSSR count). The highest BCUT2D eigenvalue weighted by Crippen LogP contribution is 1.98. The molecule has 0 atom stereocenters. The number of aryl methyl sites for hydroxylation is 1. The van der Waals surface area contributed by atoms with Crippen LogP contribution in [0.15, 0.2) is 18.3 Å². The first-order valence-corrected chi connectivity index (χ1v) is 4.95. The molecule has 1 aromatic heterocycles. The van der Waals surface area contributed by atoms with Crippen LogP contribution in [0.25, 0.3) is 0 Å². The van der Waals surface area contributed by atoms with Gasteiger partial charge in [0.2, 0.25) is 0 Å². The smallest absolute Gasteiger partial charge is 0.252 e.